The number of anilines is 2. The normalized spacial score (nSPS) is 15.3. The van der Waals surface area contributed by atoms with Gasteiger partial charge in [0.1, 0.15) is 41.8 Å². The Morgan fingerprint density at radius 2 is 1.09 bits per heavy atom. The quantitative estimate of drug-likeness (QED) is 0.0958. The molecule has 0 saturated heterocycles. The molecule has 0 saturated carbocycles. The van der Waals surface area contributed by atoms with E-state index < -0.39 is 67.7 Å². The smallest absolute Gasteiger partial charge is 0.744 e. The first-order valence-electron chi connectivity index (χ1n) is 14.0. The van der Waals surface area contributed by atoms with Crippen molar-refractivity contribution < 1.29 is 137 Å². The van der Waals surface area contributed by atoms with Crippen LogP contribution in [0.4, 0.5) is 11.4 Å². The largest absolute Gasteiger partial charge is 1.00 e. The number of nitrogens with zero attached hydrogens (tertiary/aromatic N) is 2. The van der Waals surface area contributed by atoms with Gasteiger partial charge in [-0.15, -0.1) is 0 Å². The van der Waals surface area contributed by atoms with E-state index in [4.69, 9.17) is 0 Å². The molecule has 0 heterocycles. The SMILES string of the molecule is O=C1C=Cc2ccccc2/C1=N\Nc1ccc(-c2ccc(N/N=C3\C(=O)c4c(cc(S(=O)(=O)[O-])cc4S(=O)(=O)[O-])C=C3S(=O)(=O)[O-])cc2)cc1.[Na+].[Na+].[Na+]. The molecule has 0 spiro atoms. The van der Waals surface area contributed by atoms with E-state index >= 15 is 0 Å². The third-order valence-corrected chi connectivity index (χ3v) is 9.98. The zero-order valence-corrected chi connectivity index (χ0v) is 36.4. The summed E-state index contributed by atoms with van der Waals surface area (Å²) >= 11 is 0. The molecule has 6 rings (SSSR count). The van der Waals surface area contributed by atoms with E-state index in [9.17, 15) is 48.5 Å². The molecular formula is C32H19N4Na3O11S3. The molecule has 0 radical (unpaired) electrons. The van der Waals surface area contributed by atoms with E-state index in [2.05, 4.69) is 21.1 Å². The van der Waals surface area contributed by atoms with Crippen molar-refractivity contribution in [3.8, 4) is 11.1 Å². The molecular weight excluding hydrogens is 782 g/mol. The number of ketones is 2. The number of hydrogen-bond donors (Lipinski definition) is 2. The Morgan fingerprint density at radius 1 is 0.566 bits per heavy atom. The van der Waals surface area contributed by atoms with Crippen molar-refractivity contribution in [1.29, 1.82) is 0 Å². The number of carbonyl (C=O) groups is 2. The number of carbonyl (C=O) groups excluding carboxylic acids is 2. The van der Waals surface area contributed by atoms with Gasteiger partial charge in [0.25, 0.3) is 0 Å². The van der Waals surface area contributed by atoms with Gasteiger partial charge < -0.3 is 13.7 Å². The first kappa shape index (κ1) is 44.8. The molecule has 4 aromatic carbocycles. The molecule has 0 amide bonds. The average molecular weight is 801 g/mol. The molecule has 15 nitrogen and oxygen atoms in total. The van der Waals surface area contributed by atoms with Crippen molar-refractivity contribution in [3.05, 3.63) is 118 Å². The van der Waals surface area contributed by atoms with Crippen LogP contribution < -0.4 is 99.5 Å². The Kier molecular flexibility index (Phi) is 14.7. The van der Waals surface area contributed by atoms with Crippen molar-refractivity contribution >= 4 is 76.9 Å². The summed E-state index contributed by atoms with van der Waals surface area (Å²) in [4.78, 5) is 21.8. The van der Waals surface area contributed by atoms with Crippen LogP contribution in [0.3, 0.4) is 0 Å². The maximum Gasteiger partial charge on any atom is 1.00 e. The average Bonchev–Trinajstić information content (AvgIpc) is 3.06. The minimum Gasteiger partial charge on any atom is -0.744 e. The summed E-state index contributed by atoms with van der Waals surface area (Å²) in [5.74, 6) is -1.74. The van der Waals surface area contributed by atoms with Gasteiger partial charge in [-0.05, 0) is 70.8 Å². The van der Waals surface area contributed by atoms with Gasteiger partial charge in [0.2, 0.25) is 11.6 Å². The van der Waals surface area contributed by atoms with Crippen molar-refractivity contribution in [2.75, 3.05) is 10.9 Å². The van der Waals surface area contributed by atoms with Crippen molar-refractivity contribution in [1.82, 2.24) is 0 Å². The maximum atomic E-state index is 13.3. The van der Waals surface area contributed by atoms with E-state index in [1.807, 2.05) is 18.2 Å². The minimum absolute atomic E-state index is 0. The van der Waals surface area contributed by atoms with Gasteiger partial charge in [-0.2, -0.15) is 10.2 Å². The van der Waals surface area contributed by atoms with Crippen LogP contribution in [0.1, 0.15) is 27.0 Å². The number of fused-ring (bicyclic) bond motifs is 2. The standard InChI is InChI=1S/C32H22N4O11S3.3Na/c37-26-14-9-20-3-1-2-4-25(20)30(26)35-33-22-10-5-18(6-11-22)19-7-12-23(13-8-19)34-36-31-28(50(45,46)47)16-21-15-24(48(39,40)41)17-27(49(42,43)44)29(21)32(31)38;;;/h1-17,33-34H,(H,39,40,41)(H,42,43,44)(H,45,46,47);;;/q;3*+1/p-3/b35-30+,36-31-;;;. The van der Waals surface area contributed by atoms with E-state index in [-0.39, 0.29) is 112 Å². The number of rotatable bonds is 8. The van der Waals surface area contributed by atoms with Crippen LogP contribution >= 0.6 is 0 Å². The number of Topliss-reactive ketones (excluding diaryl/α,β-unsaturated/α-hetero) is 1. The van der Waals surface area contributed by atoms with Gasteiger partial charge in [0.05, 0.1) is 26.1 Å². The second kappa shape index (κ2) is 17.4. The fraction of sp³-hybridized carbons (Fsp3) is 0. The summed E-state index contributed by atoms with van der Waals surface area (Å²) in [6, 6.07) is 21.3. The molecule has 21 heteroatoms. The molecule has 53 heavy (non-hydrogen) atoms. The number of hydrazone groups is 2. The summed E-state index contributed by atoms with van der Waals surface area (Å²) in [6.07, 6.45) is 3.63. The topological polar surface area (TPSA) is 255 Å². The van der Waals surface area contributed by atoms with E-state index in [0.29, 0.717) is 29.0 Å². The Balaban J connectivity index is 0.00000252. The third kappa shape index (κ3) is 9.98. The zero-order chi connectivity index (χ0) is 36.0. The molecule has 0 atom stereocenters. The van der Waals surface area contributed by atoms with E-state index in [0.717, 1.165) is 11.1 Å². The zero-order valence-electron chi connectivity index (χ0n) is 27.9. The van der Waals surface area contributed by atoms with Crippen LogP contribution in [0.2, 0.25) is 0 Å². The predicted octanol–water partition coefficient (Wildman–Crippen LogP) is -5.86. The Morgan fingerprint density at radius 3 is 1.60 bits per heavy atom. The molecule has 4 aromatic rings. The van der Waals surface area contributed by atoms with Crippen LogP contribution in [0, 0.1) is 0 Å². The van der Waals surface area contributed by atoms with Gasteiger partial charge >= 0.3 is 88.7 Å². The molecule has 2 N–H and O–H groups in total. The molecule has 0 aromatic heterocycles. The first-order chi connectivity index (χ1) is 23.5. The molecule has 2 aliphatic rings. The summed E-state index contributed by atoms with van der Waals surface area (Å²) in [6.45, 7) is 0. The monoisotopic (exact) mass is 800 g/mol. The minimum atomic E-state index is -5.59. The summed E-state index contributed by atoms with van der Waals surface area (Å²) in [7, 11) is -16.5. The Hall–Kier alpha value is -2.63. The molecule has 0 aliphatic heterocycles. The molecule has 0 fully saturated rings. The second-order valence-electron chi connectivity index (χ2n) is 10.7. The van der Waals surface area contributed by atoms with Crippen LogP contribution in [0.25, 0.3) is 23.3 Å². The molecule has 2 aliphatic carbocycles. The number of allylic oxidation sites excluding steroid dienone is 2. The van der Waals surface area contributed by atoms with Crippen LogP contribution in [0.15, 0.2) is 116 Å². The van der Waals surface area contributed by atoms with Crippen LogP contribution in [-0.2, 0) is 35.1 Å². The van der Waals surface area contributed by atoms with E-state index in [1.165, 1.54) is 18.2 Å². The summed E-state index contributed by atoms with van der Waals surface area (Å²) in [5, 5.41) is 8.01. The summed E-state index contributed by atoms with van der Waals surface area (Å²) < 4.78 is 107. The molecule has 254 valence electrons. The Bertz CT molecular complexity index is 2590. The van der Waals surface area contributed by atoms with Gasteiger partial charge in [-0.1, -0.05) is 54.6 Å². The number of hydrogen-bond acceptors (Lipinski definition) is 15. The maximum absolute atomic E-state index is 13.3. The molecule has 0 unspecified atom stereocenters. The first-order valence-corrected chi connectivity index (χ1v) is 18.3. The number of nitrogens with one attached hydrogen (secondary N) is 2. The van der Waals surface area contributed by atoms with Crippen molar-refractivity contribution in [2.24, 2.45) is 10.2 Å². The van der Waals surface area contributed by atoms with Crippen LogP contribution in [0.5, 0.6) is 0 Å². The third-order valence-electron chi connectivity index (χ3n) is 7.46. The Labute approximate surface area is 369 Å². The fourth-order valence-corrected chi connectivity index (χ4v) is 7.10. The second-order valence-corrected chi connectivity index (χ2v) is 14.7. The van der Waals surface area contributed by atoms with Gasteiger partial charge in [-0.25, -0.2) is 25.3 Å². The predicted molar refractivity (Wildman–Crippen MR) is 178 cm³/mol. The van der Waals surface area contributed by atoms with Crippen molar-refractivity contribution in [3.63, 3.8) is 0 Å². The van der Waals surface area contributed by atoms with Gasteiger partial charge in [0.15, 0.2) is 0 Å². The fourth-order valence-electron chi connectivity index (χ4n) is 5.11. The van der Waals surface area contributed by atoms with Crippen molar-refractivity contribution in [2.45, 2.75) is 9.79 Å². The molecule has 0 bridgehead atoms. The van der Waals surface area contributed by atoms with Crippen LogP contribution in [-0.4, -0.2) is 61.9 Å². The number of benzene rings is 4. The van der Waals surface area contributed by atoms with Gasteiger partial charge in [0, 0.05) is 11.1 Å². The van der Waals surface area contributed by atoms with E-state index in [1.54, 1.807) is 48.5 Å². The summed E-state index contributed by atoms with van der Waals surface area (Å²) in [5.41, 5.74) is 6.59. The van der Waals surface area contributed by atoms with Gasteiger partial charge in [-0.3, -0.25) is 20.4 Å².